The van der Waals surface area contributed by atoms with Crippen molar-refractivity contribution in [2.45, 2.75) is 50.8 Å². The molecule has 2 aromatic rings. The molecule has 2 aliphatic heterocycles. The molecule has 0 radical (unpaired) electrons. The largest absolute Gasteiger partial charge is 0.372 e. The smallest absolute Gasteiger partial charge is 0.225 e. The Kier molecular flexibility index (Phi) is 4.67. The molecule has 2 atom stereocenters. The van der Waals surface area contributed by atoms with Gasteiger partial charge in [0, 0.05) is 23.8 Å². The summed E-state index contributed by atoms with van der Waals surface area (Å²) < 4.78 is 7.85. The van der Waals surface area contributed by atoms with Crippen molar-refractivity contribution in [3.05, 3.63) is 40.3 Å². The van der Waals surface area contributed by atoms with Crippen molar-refractivity contribution in [1.82, 2.24) is 14.7 Å². The average molecular weight is 345 g/mol. The number of likely N-dealkylation sites (tertiary alicyclic amines) is 1. The van der Waals surface area contributed by atoms with Gasteiger partial charge in [0.25, 0.3) is 0 Å². The van der Waals surface area contributed by atoms with Crippen LogP contribution in [0, 0.1) is 0 Å². The lowest BCUT2D eigenvalue weighted by molar-refractivity contribution is -0.138. The molecule has 5 nitrogen and oxygen atoms in total. The van der Waals surface area contributed by atoms with Crippen LogP contribution < -0.4 is 0 Å². The molecule has 0 bridgehead atoms. The molecule has 1 saturated heterocycles. The van der Waals surface area contributed by atoms with Crippen molar-refractivity contribution in [1.29, 1.82) is 0 Å². The molecule has 1 fully saturated rings. The van der Waals surface area contributed by atoms with E-state index in [0.717, 1.165) is 39.0 Å². The van der Waals surface area contributed by atoms with Gasteiger partial charge in [0.05, 0.1) is 25.6 Å². The maximum absolute atomic E-state index is 13.0. The number of piperidine rings is 1. The van der Waals surface area contributed by atoms with E-state index in [-0.39, 0.29) is 18.1 Å². The zero-order valence-corrected chi connectivity index (χ0v) is 14.6. The molecule has 2 aromatic heterocycles. The van der Waals surface area contributed by atoms with Gasteiger partial charge in [-0.2, -0.15) is 5.10 Å². The lowest BCUT2D eigenvalue weighted by atomic mass is 10.00. The number of hydrogen-bond donors (Lipinski definition) is 0. The van der Waals surface area contributed by atoms with Crippen LogP contribution in [0.3, 0.4) is 0 Å². The van der Waals surface area contributed by atoms with E-state index < -0.39 is 0 Å². The summed E-state index contributed by atoms with van der Waals surface area (Å²) in [4.78, 5) is 16.3. The molecule has 0 saturated carbocycles. The van der Waals surface area contributed by atoms with Crippen LogP contribution in [0.15, 0.2) is 29.9 Å². The Labute approximate surface area is 146 Å². The molecule has 24 heavy (non-hydrogen) atoms. The number of ether oxygens (including phenoxy) is 1. The molecule has 0 aromatic carbocycles. The first-order valence-electron chi connectivity index (χ1n) is 8.76. The topological polar surface area (TPSA) is 47.4 Å². The van der Waals surface area contributed by atoms with E-state index in [2.05, 4.69) is 21.4 Å². The summed E-state index contributed by atoms with van der Waals surface area (Å²) in [7, 11) is 0. The normalized spacial score (nSPS) is 23.9. The van der Waals surface area contributed by atoms with Gasteiger partial charge < -0.3 is 9.64 Å². The Morgan fingerprint density at radius 3 is 3.25 bits per heavy atom. The number of carbonyl (C=O) groups excluding carboxylic acids is 1. The third-order valence-corrected chi connectivity index (χ3v) is 6.08. The molecule has 0 unspecified atom stereocenters. The van der Waals surface area contributed by atoms with Crippen molar-refractivity contribution in [3.63, 3.8) is 0 Å². The SMILES string of the molecule is O=C(C[C@@H]1OCCc2ccsc21)N1CCCC[C@H]1Cn1cccn1. The molecule has 0 aliphatic carbocycles. The van der Waals surface area contributed by atoms with Gasteiger partial charge >= 0.3 is 0 Å². The third kappa shape index (κ3) is 3.26. The van der Waals surface area contributed by atoms with E-state index in [1.165, 1.54) is 16.9 Å². The molecule has 2 aliphatic rings. The lowest BCUT2D eigenvalue weighted by Gasteiger charge is -2.37. The molecule has 128 valence electrons. The highest BCUT2D eigenvalue weighted by Crippen LogP contribution is 2.35. The van der Waals surface area contributed by atoms with E-state index in [1.807, 2.05) is 16.9 Å². The Balaban J connectivity index is 1.44. The van der Waals surface area contributed by atoms with Crippen LogP contribution >= 0.6 is 11.3 Å². The maximum atomic E-state index is 13.0. The first kappa shape index (κ1) is 15.8. The van der Waals surface area contributed by atoms with E-state index >= 15 is 0 Å². The van der Waals surface area contributed by atoms with Gasteiger partial charge in [-0.15, -0.1) is 11.3 Å². The van der Waals surface area contributed by atoms with Crippen molar-refractivity contribution < 1.29 is 9.53 Å². The van der Waals surface area contributed by atoms with E-state index in [1.54, 1.807) is 17.5 Å². The number of thiophene rings is 1. The van der Waals surface area contributed by atoms with Gasteiger partial charge in [-0.3, -0.25) is 9.48 Å². The van der Waals surface area contributed by atoms with Crippen LogP contribution in [-0.4, -0.2) is 39.8 Å². The van der Waals surface area contributed by atoms with Crippen LogP contribution in [0.5, 0.6) is 0 Å². The molecule has 0 N–H and O–H groups in total. The Hall–Kier alpha value is -1.66. The summed E-state index contributed by atoms with van der Waals surface area (Å²) in [5, 5.41) is 6.41. The summed E-state index contributed by atoms with van der Waals surface area (Å²) in [5.41, 5.74) is 1.36. The lowest BCUT2D eigenvalue weighted by Crippen LogP contribution is -2.46. The quantitative estimate of drug-likeness (QED) is 0.856. The second-order valence-electron chi connectivity index (χ2n) is 6.59. The minimum absolute atomic E-state index is 0.0615. The molecule has 4 rings (SSSR count). The molecular formula is C18H23N3O2S. The average Bonchev–Trinajstić information content (AvgIpc) is 3.27. The summed E-state index contributed by atoms with van der Waals surface area (Å²) in [6, 6.07) is 4.35. The van der Waals surface area contributed by atoms with Crippen LogP contribution in [-0.2, 0) is 22.5 Å². The molecule has 4 heterocycles. The van der Waals surface area contributed by atoms with Crippen molar-refractivity contribution in [2.24, 2.45) is 0 Å². The minimum atomic E-state index is -0.0615. The Morgan fingerprint density at radius 1 is 1.42 bits per heavy atom. The Bertz CT molecular complexity index is 682. The van der Waals surface area contributed by atoms with Crippen molar-refractivity contribution in [2.75, 3.05) is 13.2 Å². The summed E-state index contributed by atoms with van der Waals surface area (Å²) in [5.74, 6) is 0.220. The fourth-order valence-corrected chi connectivity index (χ4v) is 4.80. The Morgan fingerprint density at radius 2 is 2.38 bits per heavy atom. The first-order chi connectivity index (χ1) is 11.8. The number of nitrogens with zero attached hydrogens (tertiary/aromatic N) is 3. The van der Waals surface area contributed by atoms with Crippen LogP contribution in [0.2, 0.25) is 0 Å². The summed E-state index contributed by atoms with van der Waals surface area (Å²) in [6.07, 6.45) is 8.47. The van der Waals surface area contributed by atoms with E-state index in [4.69, 9.17) is 4.74 Å². The molecule has 1 amide bonds. The zero-order chi connectivity index (χ0) is 16.4. The fourth-order valence-electron chi connectivity index (χ4n) is 3.79. The summed E-state index contributed by atoms with van der Waals surface area (Å²) >= 11 is 1.72. The van der Waals surface area contributed by atoms with E-state index in [0.29, 0.717) is 6.42 Å². The summed E-state index contributed by atoms with van der Waals surface area (Å²) in [6.45, 7) is 2.36. The highest BCUT2D eigenvalue weighted by molar-refractivity contribution is 7.10. The van der Waals surface area contributed by atoms with E-state index in [9.17, 15) is 4.79 Å². The van der Waals surface area contributed by atoms with Crippen molar-refractivity contribution in [3.8, 4) is 0 Å². The van der Waals surface area contributed by atoms with Crippen LogP contribution in [0.1, 0.15) is 42.2 Å². The van der Waals surface area contributed by atoms with Gasteiger partial charge in [-0.25, -0.2) is 0 Å². The maximum Gasteiger partial charge on any atom is 0.225 e. The predicted molar refractivity (Wildman–Crippen MR) is 92.9 cm³/mol. The first-order valence-corrected chi connectivity index (χ1v) is 9.64. The van der Waals surface area contributed by atoms with Crippen LogP contribution in [0.4, 0.5) is 0 Å². The monoisotopic (exact) mass is 345 g/mol. The molecule has 0 spiro atoms. The molecule has 6 heteroatoms. The fraction of sp³-hybridized carbons (Fsp3) is 0.556. The number of fused-ring (bicyclic) bond motifs is 1. The number of amides is 1. The predicted octanol–water partition coefficient (Wildman–Crippen LogP) is 3.03. The second-order valence-corrected chi connectivity index (χ2v) is 7.54. The van der Waals surface area contributed by atoms with Gasteiger partial charge in [-0.05, 0) is 48.8 Å². The highest BCUT2D eigenvalue weighted by atomic mass is 32.1. The minimum Gasteiger partial charge on any atom is -0.372 e. The highest BCUT2D eigenvalue weighted by Gasteiger charge is 2.31. The third-order valence-electron chi connectivity index (χ3n) is 5.03. The van der Waals surface area contributed by atoms with Gasteiger partial charge in [-0.1, -0.05) is 0 Å². The standard InChI is InChI=1S/C18H23N3O2S/c22-17(12-16-18-14(5-10-23-16)6-11-24-18)21-9-2-1-4-15(21)13-20-8-3-7-19-20/h3,6-8,11,15-16H,1-2,4-5,9-10,12-13H2/t15-,16-/m0/s1. The number of aromatic nitrogens is 2. The number of carbonyl (C=O) groups is 1. The second kappa shape index (κ2) is 7.07. The van der Waals surface area contributed by atoms with Crippen molar-refractivity contribution >= 4 is 17.2 Å². The van der Waals surface area contributed by atoms with Gasteiger partial charge in [0.15, 0.2) is 0 Å². The number of rotatable bonds is 4. The van der Waals surface area contributed by atoms with Crippen LogP contribution in [0.25, 0.3) is 0 Å². The van der Waals surface area contributed by atoms with Gasteiger partial charge in [0.2, 0.25) is 5.91 Å². The number of hydrogen-bond acceptors (Lipinski definition) is 4. The van der Waals surface area contributed by atoms with Gasteiger partial charge in [0.1, 0.15) is 6.10 Å². The zero-order valence-electron chi connectivity index (χ0n) is 13.8. The molecular weight excluding hydrogens is 322 g/mol.